The average molecular weight is 327 g/mol. The molecule has 0 heterocycles. The number of ether oxygens (including phenoxy) is 1. The second-order valence-corrected chi connectivity index (χ2v) is 6.56. The Morgan fingerprint density at radius 1 is 1.12 bits per heavy atom. The Kier molecular flexibility index (Phi) is 5.52. The lowest BCUT2D eigenvalue weighted by molar-refractivity contribution is 0.169. The van der Waals surface area contributed by atoms with Crippen molar-refractivity contribution >= 4 is 0 Å². The highest BCUT2D eigenvalue weighted by Crippen LogP contribution is 2.33. The first-order valence-electron chi connectivity index (χ1n) is 8.85. The Morgan fingerprint density at radius 2 is 1.92 bits per heavy atom. The van der Waals surface area contributed by atoms with E-state index in [9.17, 15) is 4.39 Å². The molecular formula is C21H26FNO. The number of halogens is 1. The minimum atomic E-state index is -0.0886. The van der Waals surface area contributed by atoms with Gasteiger partial charge in [-0.2, -0.15) is 0 Å². The summed E-state index contributed by atoms with van der Waals surface area (Å²) in [6.07, 6.45) is 3.78. The maximum atomic E-state index is 14.1. The predicted molar refractivity (Wildman–Crippen MR) is 95.9 cm³/mol. The number of hydrogen-bond donors (Lipinski definition) is 0. The van der Waals surface area contributed by atoms with Crippen molar-refractivity contribution in [1.29, 1.82) is 0 Å². The van der Waals surface area contributed by atoms with Gasteiger partial charge in [-0.1, -0.05) is 37.3 Å². The smallest absolute Gasteiger partial charge is 0.126 e. The molecule has 1 atom stereocenters. The van der Waals surface area contributed by atoms with Crippen LogP contribution in [0.25, 0.3) is 0 Å². The number of benzene rings is 2. The third-order valence-corrected chi connectivity index (χ3v) is 4.97. The molecule has 0 saturated heterocycles. The maximum Gasteiger partial charge on any atom is 0.126 e. The first kappa shape index (κ1) is 17.0. The molecule has 1 aliphatic rings. The highest BCUT2D eigenvalue weighted by atomic mass is 19.1. The molecule has 2 aromatic rings. The van der Waals surface area contributed by atoms with Crippen LogP contribution in [0.1, 0.15) is 36.5 Å². The summed E-state index contributed by atoms with van der Waals surface area (Å²) < 4.78 is 19.6. The van der Waals surface area contributed by atoms with E-state index in [0.717, 1.165) is 55.6 Å². The Hall–Kier alpha value is -1.87. The van der Waals surface area contributed by atoms with Crippen LogP contribution in [0.15, 0.2) is 42.5 Å². The van der Waals surface area contributed by atoms with Crippen molar-refractivity contribution in [2.75, 3.05) is 13.7 Å². The molecule has 0 saturated carbocycles. The summed E-state index contributed by atoms with van der Waals surface area (Å²) >= 11 is 0. The zero-order valence-electron chi connectivity index (χ0n) is 14.6. The molecule has 0 amide bonds. The van der Waals surface area contributed by atoms with Gasteiger partial charge in [0.25, 0.3) is 0 Å². The van der Waals surface area contributed by atoms with E-state index < -0.39 is 0 Å². The standard InChI is InChI=1S/C21H26FNO/c1-3-13-23(15-16-7-5-4-6-8-16)17-9-10-18-19(14-17)21(24-2)12-11-20(18)22/h4-8,11-12,17H,3,9-10,13-15H2,1-2H3. The van der Waals surface area contributed by atoms with E-state index in [2.05, 4.69) is 42.2 Å². The normalized spacial score (nSPS) is 16.9. The highest BCUT2D eigenvalue weighted by Gasteiger charge is 2.28. The number of fused-ring (bicyclic) bond motifs is 1. The molecule has 0 spiro atoms. The third kappa shape index (κ3) is 3.62. The summed E-state index contributed by atoms with van der Waals surface area (Å²) in [5, 5.41) is 0. The van der Waals surface area contributed by atoms with E-state index in [0.29, 0.717) is 6.04 Å². The Bertz CT molecular complexity index is 671. The van der Waals surface area contributed by atoms with Gasteiger partial charge in [-0.25, -0.2) is 4.39 Å². The summed E-state index contributed by atoms with van der Waals surface area (Å²) in [7, 11) is 1.67. The van der Waals surface area contributed by atoms with Gasteiger partial charge in [-0.05, 0) is 55.5 Å². The van der Waals surface area contributed by atoms with Crippen LogP contribution >= 0.6 is 0 Å². The van der Waals surface area contributed by atoms with E-state index in [4.69, 9.17) is 4.74 Å². The molecule has 0 bridgehead atoms. The van der Waals surface area contributed by atoms with Crippen LogP contribution in [0.2, 0.25) is 0 Å². The van der Waals surface area contributed by atoms with E-state index in [1.54, 1.807) is 13.2 Å². The molecule has 0 radical (unpaired) electrons. The van der Waals surface area contributed by atoms with E-state index in [1.165, 1.54) is 11.6 Å². The van der Waals surface area contributed by atoms with E-state index >= 15 is 0 Å². The molecule has 0 N–H and O–H groups in total. The summed E-state index contributed by atoms with van der Waals surface area (Å²) in [6.45, 7) is 4.23. The number of hydrogen-bond acceptors (Lipinski definition) is 2. The van der Waals surface area contributed by atoms with Crippen LogP contribution in [-0.4, -0.2) is 24.6 Å². The van der Waals surface area contributed by atoms with Crippen molar-refractivity contribution in [2.24, 2.45) is 0 Å². The SMILES string of the molecule is CCCN(Cc1ccccc1)C1CCc2c(F)ccc(OC)c2C1. The molecule has 2 aromatic carbocycles. The molecule has 2 nitrogen and oxygen atoms in total. The molecule has 1 aliphatic carbocycles. The predicted octanol–water partition coefficient (Wildman–Crippen LogP) is 4.60. The quantitative estimate of drug-likeness (QED) is 0.768. The second kappa shape index (κ2) is 7.80. The lowest BCUT2D eigenvalue weighted by atomic mass is 9.86. The van der Waals surface area contributed by atoms with Gasteiger partial charge in [0.1, 0.15) is 11.6 Å². The molecule has 0 fully saturated rings. The van der Waals surface area contributed by atoms with Crippen LogP contribution in [-0.2, 0) is 19.4 Å². The topological polar surface area (TPSA) is 12.5 Å². The molecule has 0 aromatic heterocycles. The Balaban J connectivity index is 1.82. The molecule has 128 valence electrons. The lowest BCUT2D eigenvalue weighted by Gasteiger charge is -2.35. The first-order chi connectivity index (χ1) is 11.7. The Labute approximate surface area is 144 Å². The van der Waals surface area contributed by atoms with Gasteiger partial charge in [0.05, 0.1) is 7.11 Å². The van der Waals surface area contributed by atoms with Crippen molar-refractivity contribution < 1.29 is 9.13 Å². The minimum Gasteiger partial charge on any atom is -0.496 e. The van der Waals surface area contributed by atoms with Crippen LogP contribution in [0.5, 0.6) is 5.75 Å². The van der Waals surface area contributed by atoms with E-state index in [-0.39, 0.29) is 5.82 Å². The van der Waals surface area contributed by atoms with Gasteiger partial charge in [0, 0.05) is 18.2 Å². The minimum absolute atomic E-state index is 0.0886. The monoisotopic (exact) mass is 327 g/mol. The summed E-state index contributed by atoms with van der Waals surface area (Å²) in [5.74, 6) is 0.738. The van der Waals surface area contributed by atoms with Crippen molar-refractivity contribution in [3.05, 3.63) is 65.0 Å². The van der Waals surface area contributed by atoms with Crippen LogP contribution in [0.4, 0.5) is 4.39 Å². The van der Waals surface area contributed by atoms with Gasteiger partial charge in [-0.15, -0.1) is 0 Å². The summed E-state index contributed by atoms with van der Waals surface area (Å²) in [5.41, 5.74) is 3.24. The van der Waals surface area contributed by atoms with Gasteiger partial charge >= 0.3 is 0 Å². The Morgan fingerprint density at radius 3 is 2.62 bits per heavy atom. The second-order valence-electron chi connectivity index (χ2n) is 6.56. The van der Waals surface area contributed by atoms with Crippen LogP contribution in [0, 0.1) is 5.82 Å². The summed E-state index contributed by atoms with van der Waals surface area (Å²) in [6, 6.07) is 14.3. The molecule has 1 unspecified atom stereocenters. The van der Waals surface area contributed by atoms with Gasteiger partial charge in [0.15, 0.2) is 0 Å². The zero-order valence-corrected chi connectivity index (χ0v) is 14.6. The van der Waals surface area contributed by atoms with Gasteiger partial charge in [-0.3, -0.25) is 4.90 Å². The maximum absolute atomic E-state index is 14.1. The molecular weight excluding hydrogens is 301 g/mol. The van der Waals surface area contributed by atoms with E-state index in [1.807, 2.05) is 0 Å². The average Bonchev–Trinajstić information content (AvgIpc) is 2.62. The first-order valence-corrected chi connectivity index (χ1v) is 8.85. The highest BCUT2D eigenvalue weighted by molar-refractivity contribution is 5.43. The lowest BCUT2D eigenvalue weighted by Crippen LogP contribution is -2.39. The third-order valence-electron chi connectivity index (χ3n) is 4.97. The van der Waals surface area contributed by atoms with Crippen molar-refractivity contribution in [1.82, 2.24) is 4.90 Å². The molecule has 24 heavy (non-hydrogen) atoms. The van der Waals surface area contributed by atoms with Crippen molar-refractivity contribution in [3.63, 3.8) is 0 Å². The van der Waals surface area contributed by atoms with Crippen LogP contribution in [0.3, 0.4) is 0 Å². The zero-order chi connectivity index (χ0) is 16.9. The van der Waals surface area contributed by atoms with Gasteiger partial charge < -0.3 is 4.74 Å². The largest absolute Gasteiger partial charge is 0.496 e. The fraction of sp³-hybridized carbons (Fsp3) is 0.429. The number of nitrogens with zero attached hydrogens (tertiary/aromatic N) is 1. The van der Waals surface area contributed by atoms with Crippen LogP contribution < -0.4 is 4.74 Å². The fourth-order valence-corrected chi connectivity index (χ4v) is 3.78. The molecule has 3 heteroatoms. The molecule has 0 aliphatic heterocycles. The number of methoxy groups -OCH3 is 1. The summed E-state index contributed by atoms with van der Waals surface area (Å²) in [4.78, 5) is 2.54. The van der Waals surface area contributed by atoms with Crippen molar-refractivity contribution in [3.8, 4) is 5.75 Å². The molecule has 3 rings (SSSR count). The van der Waals surface area contributed by atoms with Gasteiger partial charge in [0.2, 0.25) is 0 Å². The number of rotatable bonds is 6. The van der Waals surface area contributed by atoms with Crippen molar-refractivity contribution in [2.45, 2.75) is 45.2 Å². The fourth-order valence-electron chi connectivity index (χ4n) is 3.78.